The lowest BCUT2D eigenvalue weighted by atomic mass is 10.2. The minimum Gasteiger partial charge on any atom is -0.477 e. The van der Waals surface area contributed by atoms with Crippen molar-refractivity contribution in [3.63, 3.8) is 0 Å². The summed E-state index contributed by atoms with van der Waals surface area (Å²) in [7, 11) is -3.63. The molecule has 0 aliphatic rings. The van der Waals surface area contributed by atoms with Crippen LogP contribution in [0.5, 0.6) is 0 Å². The maximum absolute atomic E-state index is 11.9. The van der Waals surface area contributed by atoms with Crippen molar-refractivity contribution in [3.05, 3.63) is 18.0 Å². The first-order chi connectivity index (χ1) is 8.27. The average Bonchev–Trinajstić information content (AvgIpc) is 2.71. The van der Waals surface area contributed by atoms with E-state index in [0.29, 0.717) is 13.1 Å². The van der Waals surface area contributed by atoms with Crippen molar-refractivity contribution in [1.82, 2.24) is 9.29 Å². The van der Waals surface area contributed by atoms with E-state index in [1.54, 1.807) is 6.92 Å². The molecule has 0 aliphatic carbocycles. The van der Waals surface area contributed by atoms with Gasteiger partial charge in [0.1, 0.15) is 10.6 Å². The molecule has 0 spiro atoms. The van der Waals surface area contributed by atoms with Gasteiger partial charge in [-0.25, -0.2) is 17.9 Å². The summed E-state index contributed by atoms with van der Waals surface area (Å²) in [6.45, 7) is 6.26. The lowest BCUT2D eigenvalue weighted by Gasteiger charge is -2.06. The number of rotatable bonds is 6. The van der Waals surface area contributed by atoms with Crippen LogP contribution >= 0.6 is 0 Å². The van der Waals surface area contributed by atoms with Crippen LogP contribution in [0.3, 0.4) is 0 Å². The fraction of sp³-hybridized carbons (Fsp3) is 0.545. The number of hydrogen-bond donors (Lipinski definition) is 2. The summed E-state index contributed by atoms with van der Waals surface area (Å²) in [4.78, 5) is 10.9. The average molecular weight is 274 g/mol. The van der Waals surface area contributed by atoms with Gasteiger partial charge in [0, 0.05) is 19.3 Å². The Labute approximate surface area is 107 Å². The second-order valence-corrected chi connectivity index (χ2v) is 6.16. The highest BCUT2D eigenvalue weighted by atomic mass is 32.2. The summed E-state index contributed by atoms with van der Waals surface area (Å²) in [5.74, 6) is -0.950. The molecular formula is C11H18N2O4S. The summed E-state index contributed by atoms with van der Waals surface area (Å²) in [6, 6.07) is 1.18. The van der Waals surface area contributed by atoms with Gasteiger partial charge in [-0.1, -0.05) is 13.8 Å². The minimum absolute atomic E-state index is 0.0117. The molecule has 2 N–H and O–H groups in total. The second kappa shape index (κ2) is 5.53. The molecule has 0 aromatic carbocycles. The van der Waals surface area contributed by atoms with E-state index in [4.69, 9.17) is 5.11 Å². The Hall–Kier alpha value is -1.34. The molecule has 0 radical (unpaired) electrons. The predicted octanol–water partition coefficient (Wildman–Crippen LogP) is 1.14. The monoisotopic (exact) mass is 274 g/mol. The van der Waals surface area contributed by atoms with E-state index in [-0.39, 0.29) is 16.5 Å². The van der Waals surface area contributed by atoms with Gasteiger partial charge >= 0.3 is 5.97 Å². The maximum Gasteiger partial charge on any atom is 0.352 e. The van der Waals surface area contributed by atoms with Crippen LogP contribution in [0.4, 0.5) is 0 Å². The third-order valence-corrected chi connectivity index (χ3v) is 3.81. The van der Waals surface area contributed by atoms with E-state index in [1.807, 2.05) is 13.8 Å². The molecule has 1 heterocycles. The molecule has 0 saturated heterocycles. The zero-order chi connectivity index (χ0) is 13.9. The van der Waals surface area contributed by atoms with Gasteiger partial charge in [-0.05, 0) is 18.9 Å². The summed E-state index contributed by atoms with van der Waals surface area (Å²) in [6.07, 6.45) is 1.34. The zero-order valence-corrected chi connectivity index (χ0v) is 11.5. The first-order valence-electron chi connectivity index (χ1n) is 5.71. The number of nitrogens with zero attached hydrogens (tertiary/aromatic N) is 1. The standard InChI is InChI=1S/C11H18N2O4S/c1-4-13-7-9(5-10(13)11(14)15)18(16,17)12-6-8(2)3/h5,7-8,12H,4,6H2,1-3H3,(H,14,15). The van der Waals surface area contributed by atoms with Gasteiger partial charge in [-0.3, -0.25) is 0 Å². The van der Waals surface area contributed by atoms with E-state index in [9.17, 15) is 13.2 Å². The molecule has 1 rings (SSSR count). The molecule has 0 aliphatic heterocycles. The topological polar surface area (TPSA) is 88.4 Å². The molecule has 0 amide bonds. The van der Waals surface area contributed by atoms with Crippen LogP contribution in [0.15, 0.2) is 17.2 Å². The number of aryl methyl sites for hydroxylation is 1. The van der Waals surface area contributed by atoms with E-state index in [2.05, 4.69) is 4.72 Å². The summed E-state index contributed by atoms with van der Waals surface area (Å²) in [5, 5.41) is 8.96. The number of carbonyl (C=O) groups is 1. The quantitative estimate of drug-likeness (QED) is 0.814. The number of hydrogen-bond acceptors (Lipinski definition) is 3. The Kier molecular flexibility index (Phi) is 4.53. The minimum atomic E-state index is -3.63. The maximum atomic E-state index is 11.9. The van der Waals surface area contributed by atoms with E-state index >= 15 is 0 Å². The van der Waals surface area contributed by atoms with Crippen molar-refractivity contribution in [1.29, 1.82) is 0 Å². The van der Waals surface area contributed by atoms with Crippen molar-refractivity contribution in [3.8, 4) is 0 Å². The molecule has 102 valence electrons. The fourth-order valence-corrected chi connectivity index (χ4v) is 2.68. The fourth-order valence-electron chi connectivity index (χ4n) is 1.43. The molecular weight excluding hydrogens is 256 g/mol. The third-order valence-electron chi connectivity index (χ3n) is 2.42. The molecule has 18 heavy (non-hydrogen) atoms. The molecule has 1 aromatic rings. The van der Waals surface area contributed by atoms with Crippen molar-refractivity contribution in [2.75, 3.05) is 6.54 Å². The third kappa shape index (κ3) is 3.33. The Morgan fingerprint density at radius 3 is 2.50 bits per heavy atom. The molecule has 0 fully saturated rings. The number of carboxylic acids is 1. The van der Waals surface area contributed by atoms with Crippen LogP contribution in [0.2, 0.25) is 0 Å². The highest BCUT2D eigenvalue weighted by molar-refractivity contribution is 7.89. The first kappa shape index (κ1) is 14.7. The van der Waals surface area contributed by atoms with Crippen LogP contribution in [-0.2, 0) is 16.6 Å². The Morgan fingerprint density at radius 2 is 2.11 bits per heavy atom. The van der Waals surface area contributed by atoms with Crippen LogP contribution < -0.4 is 4.72 Å². The zero-order valence-electron chi connectivity index (χ0n) is 10.7. The number of aromatic nitrogens is 1. The van der Waals surface area contributed by atoms with Crippen molar-refractivity contribution < 1.29 is 18.3 Å². The second-order valence-electron chi connectivity index (χ2n) is 4.40. The number of carboxylic acid groups (broad SMARTS) is 1. The number of aromatic carboxylic acids is 1. The largest absolute Gasteiger partial charge is 0.477 e. The van der Waals surface area contributed by atoms with Gasteiger partial charge in [0.2, 0.25) is 10.0 Å². The molecule has 6 nitrogen and oxygen atoms in total. The van der Waals surface area contributed by atoms with Crippen molar-refractivity contribution in [2.45, 2.75) is 32.2 Å². The number of nitrogens with one attached hydrogen (secondary N) is 1. The molecule has 0 bridgehead atoms. The van der Waals surface area contributed by atoms with Gasteiger partial charge in [0.15, 0.2) is 0 Å². The smallest absolute Gasteiger partial charge is 0.352 e. The van der Waals surface area contributed by atoms with Gasteiger partial charge < -0.3 is 9.67 Å². The van der Waals surface area contributed by atoms with E-state index in [1.165, 1.54) is 16.8 Å². The van der Waals surface area contributed by atoms with Gasteiger partial charge in [0.05, 0.1) is 0 Å². The summed E-state index contributed by atoms with van der Waals surface area (Å²) < 4.78 is 27.7. The molecule has 1 aromatic heterocycles. The Morgan fingerprint density at radius 1 is 1.50 bits per heavy atom. The Balaban J connectivity index is 3.06. The molecule has 0 unspecified atom stereocenters. The van der Waals surface area contributed by atoms with Crippen LogP contribution in [-0.4, -0.2) is 30.6 Å². The van der Waals surface area contributed by atoms with Gasteiger partial charge in [-0.2, -0.15) is 0 Å². The summed E-state index contributed by atoms with van der Waals surface area (Å²) >= 11 is 0. The normalized spacial score (nSPS) is 12.0. The van der Waals surface area contributed by atoms with Crippen molar-refractivity contribution >= 4 is 16.0 Å². The molecule has 7 heteroatoms. The highest BCUT2D eigenvalue weighted by Crippen LogP contribution is 2.14. The van der Waals surface area contributed by atoms with Gasteiger partial charge in [0.25, 0.3) is 0 Å². The molecule has 0 atom stereocenters. The van der Waals surface area contributed by atoms with Gasteiger partial charge in [-0.15, -0.1) is 0 Å². The molecule has 0 saturated carbocycles. The first-order valence-corrected chi connectivity index (χ1v) is 7.19. The lowest BCUT2D eigenvalue weighted by Crippen LogP contribution is -2.27. The van der Waals surface area contributed by atoms with E-state index < -0.39 is 16.0 Å². The summed E-state index contributed by atoms with van der Waals surface area (Å²) in [5.41, 5.74) is -0.0255. The van der Waals surface area contributed by atoms with Crippen LogP contribution in [0.1, 0.15) is 31.3 Å². The van der Waals surface area contributed by atoms with Crippen LogP contribution in [0.25, 0.3) is 0 Å². The van der Waals surface area contributed by atoms with Crippen LogP contribution in [0, 0.1) is 5.92 Å². The Bertz CT molecular complexity index is 531. The highest BCUT2D eigenvalue weighted by Gasteiger charge is 2.20. The predicted molar refractivity (Wildman–Crippen MR) is 67.1 cm³/mol. The van der Waals surface area contributed by atoms with Crippen molar-refractivity contribution in [2.24, 2.45) is 5.92 Å². The van der Waals surface area contributed by atoms with E-state index in [0.717, 1.165) is 0 Å². The number of sulfonamides is 1. The lowest BCUT2D eigenvalue weighted by molar-refractivity contribution is 0.0685. The SMILES string of the molecule is CCn1cc(S(=O)(=O)NCC(C)C)cc1C(=O)O.